The minimum absolute atomic E-state index is 0.107. The van der Waals surface area contributed by atoms with E-state index in [0.717, 1.165) is 18.6 Å². The normalized spacial score (nSPS) is 15.1. The van der Waals surface area contributed by atoms with Crippen LogP contribution in [-0.2, 0) is 5.41 Å². The fourth-order valence-electron chi connectivity index (χ4n) is 1.62. The van der Waals surface area contributed by atoms with E-state index >= 15 is 0 Å². The summed E-state index contributed by atoms with van der Waals surface area (Å²) in [6.45, 7) is 2.30. The summed E-state index contributed by atoms with van der Waals surface area (Å²) in [6.07, 6.45) is 2.02. The van der Waals surface area contributed by atoms with Crippen molar-refractivity contribution in [2.24, 2.45) is 0 Å². The molecule has 0 aromatic heterocycles. The molecule has 1 rings (SSSR count). The number of hydrogen-bond acceptors (Lipinski definition) is 2. The van der Waals surface area contributed by atoms with Gasteiger partial charge in [0.05, 0.1) is 6.61 Å². The van der Waals surface area contributed by atoms with Gasteiger partial charge in [0.25, 0.3) is 0 Å². The quantitative estimate of drug-likeness (QED) is 0.716. The molecule has 0 bridgehead atoms. The summed E-state index contributed by atoms with van der Waals surface area (Å²) >= 11 is 4.20. The van der Waals surface area contributed by atoms with Crippen molar-refractivity contribution in [3.63, 3.8) is 0 Å². The van der Waals surface area contributed by atoms with Crippen molar-refractivity contribution in [1.29, 1.82) is 0 Å². The van der Waals surface area contributed by atoms with Gasteiger partial charge < -0.3 is 5.11 Å². The Morgan fingerprint density at radius 1 is 1.29 bits per heavy atom. The number of aliphatic hydroxyl groups excluding tert-OH is 1. The van der Waals surface area contributed by atoms with Crippen molar-refractivity contribution in [1.82, 2.24) is 0 Å². The highest BCUT2D eigenvalue weighted by atomic mass is 32.1. The van der Waals surface area contributed by atoms with Crippen molar-refractivity contribution in [3.05, 3.63) is 35.9 Å². The fraction of sp³-hybridized carbons (Fsp3) is 0.500. The van der Waals surface area contributed by atoms with Gasteiger partial charge >= 0.3 is 0 Å². The van der Waals surface area contributed by atoms with Crippen LogP contribution < -0.4 is 0 Å². The molecule has 0 saturated heterocycles. The average Bonchev–Trinajstić information content (AvgIpc) is 2.27. The molecule has 0 amide bonds. The average molecular weight is 210 g/mol. The van der Waals surface area contributed by atoms with E-state index in [4.69, 9.17) is 0 Å². The summed E-state index contributed by atoms with van der Waals surface area (Å²) in [7, 11) is 0. The first-order valence-corrected chi connectivity index (χ1v) is 5.63. The molecule has 1 aromatic rings. The van der Waals surface area contributed by atoms with Gasteiger partial charge in [-0.3, -0.25) is 0 Å². The first-order chi connectivity index (χ1) is 6.73. The zero-order chi connectivity index (χ0) is 10.4. The van der Waals surface area contributed by atoms with Gasteiger partial charge in [-0.15, -0.1) is 0 Å². The maximum atomic E-state index is 9.44. The maximum Gasteiger partial charge on any atom is 0.0525 e. The van der Waals surface area contributed by atoms with Crippen molar-refractivity contribution in [2.75, 3.05) is 12.4 Å². The predicted octanol–water partition coefficient (Wildman–Crippen LogP) is 2.65. The van der Waals surface area contributed by atoms with Crippen LogP contribution >= 0.6 is 12.6 Å². The van der Waals surface area contributed by atoms with Crippen molar-refractivity contribution in [3.8, 4) is 0 Å². The first kappa shape index (κ1) is 11.6. The predicted molar refractivity (Wildman–Crippen MR) is 64.0 cm³/mol. The molecule has 1 aromatic carbocycles. The third-order valence-corrected chi connectivity index (χ3v) is 3.02. The summed E-state index contributed by atoms with van der Waals surface area (Å²) in [5.41, 5.74) is 1.11. The van der Waals surface area contributed by atoms with E-state index in [0.29, 0.717) is 0 Å². The number of benzene rings is 1. The van der Waals surface area contributed by atoms with Gasteiger partial charge in [-0.05, 0) is 24.2 Å². The molecule has 0 heterocycles. The molecule has 0 spiro atoms. The largest absolute Gasteiger partial charge is 0.395 e. The zero-order valence-corrected chi connectivity index (χ0v) is 9.50. The molecule has 2 heteroatoms. The molecule has 0 aliphatic carbocycles. The lowest BCUT2D eigenvalue weighted by Gasteiger charge is -2.27. The second kappa shape index (κ2) is 5.42. The van der Waals surface area contributed by atoms with Crippen LogP contribution in [0.2, 0.25) is 0 Å². The minimum atomic E-state index is -0.107. The molecular weight excluding hydrogens is 192 g/mol. The van der Waals surface area contributed by atoms with E-state index in [2.05, 4.69) is 31.7 Å². The van der Waals surface area contributed by atoms with Crippen LogP contribution in [0.5, 0.6) is 0 Å². The number of hydrogen-bond donors (Lipinski definition) is 2. The van der Waals surface area contributed by atoms with Crippen molar-refractivity contribution in [2.45, 2.75) is 25.2 Å². The Kier molecular flexibility index (Phi) is 4.49. The van der Waals surface area contributed by atoms with Crippen molar-refractivity contribution >= 4 is 12.6 Å². The summed E-state index contributed by atoms with van der Waals surface area (Å²) in [6, 6.07) is 10.2. The van der Waals surface area contributed by atoms with E-state index in [9.17, 15) is 5.11 Å². The zero-order valence-electron chi connectivity index (χ0n) is 8.61. The van der Waals surface area contributed by atoms with Crippen molar-refractivity contribution < 1.29 is 5.11 Å². The van der Waals surface area contributed by atoms with Crippen LogP contribution in [0, 0.1) is 0 Å². The smallest absolute Gasteiger partial charge is 0.0525 e. The summed E-state index contributed by atoms with van der Waals surface area (Å²) in [4.78, 5) is 0. The van der Waals surface area contributed by atoms with Gasteiger partial charge in [0, 0.05) is 5.41 Å². The van der Waals surface area contributed by atoms with E-state index < -0.39 is 0 Å². The molecular formula is C12H18OS. The highest BCUT2D eigenvalue weighted by Gasteiger charge is 2.24. The molecule has 1 atom stereocenters. The molecule has 1 N–H and O–H groups in total. The molecule has 0 fully saturated rings. The lowest BCUT2D eigenvalue weighted by atomic mass is 9.79. The Hall–Kier alpha value is -0.470. The molecule has 0 aliphatic heterocycles. The first-order valence-electron chi connectivity index (χ1n) is 5.00. The Morgan fingerprint density at radius 2 is 1.93 bits per heavy atom. The summed E-state index contributed by atoms with van der Waals surface area (Å²) in [5.74, 6) is 0.877. The lowest BCUT2D eigenvalue weighted by Crippen LogP contribution is -2.26. The second-order valence-electron chi connectivity index (χ2n) is 3.91. The van der Waals surface area contributed by atoms with E-state index in [1.54, 1.807) is 0 Å². The Bertz CT molecular complexity index is 260. The Labute approximate surface area is 91.6 Å². The SMILES string of the molecule is CC(CO)(CCCS)c1ccccc1. The van der Waals surface area contributed by atoms with Gasteiger partial charge in [0.15, 0.2) is 0 Å². The standard InChI is InChI=1S/C12H18OS/c1-12(10-13,8-5-9-14)11-6-3-2-4-7-11/h2-4,6-7,13-14H,5,8-10H2,1H3. The van der Waals surface area contributed by atoms with Gasteiger partial charge in [-0.25, -0.2) is 0 Å². The second-order valence-corrected chi connectivity index (χ2v) is 4.36. The molecule has 78 valence electrons. The third kappa shape index (κ3) is 2.76. The van der Waals surface area contributed by atoms with Gasteiger partial charge in [-0.2, -0.15) is 12.6 Å². The van der Waals surface area contributed by atoms with Crippen LogP contribution in [0.1, 0.15) is 25.3 Å². The minimum Gasteiger partial charge on any atom is -0.395 e. The monoisotopic (exact) mass is 210 g/mol. The highest BCUT2D eigenvalue weighted by Crippen LogP contribution is 2.28. The van der Waals surface area contributed by atoms with Gasteiger partial charge in [0.2, 0.25) is 0 Å². The lowest BCUT2D eigenvalue weighted by molar-refractivity contribution is 0.196. The molecule has 14 heavy (non-hydrogen) atoms. The van der Waals surface area contributed by atoms with Gasteiger partial charge in [0.1, 0.15) is 0 Å². The van der Waals surface area contributed by atoms with E-state index in [1.165, 1.54) is 5.56 Å². The van der Waals surface area contributed by atoms with Gasteiger partial charge in [-0.1, -0.05) is 37.3 Å². The Balaban J connectivity index is 2.79. The van der Waals surface area contributed by atoms with Crippen LogP contribution in [0.15, 0.2) is 30.3 Å². The van der Waals surface area contributed by atoms with Crippen LogP contribution in [0.4, 0.5) is 0 Å². The number of thiol groups is 1. The third-order valence-electron chi connectivity index (χ3n) is 2.71. The number of aliphatic hydroxyl groups is 1. The van der Waals surface area contributed by atoms with Crippen LogP contribution in [-0.4, -0.2) is 17.5 Å². The maximum absolute atomic E-state index is 9.44. The van der Waals surface area contributed by atoms with Crippen LogP contribution in [0.3, 0.4) is 0 Å². The molecule has 0 radical (unpaired) electrons. The number of rotatable bonds is 5. The Morgan fingerprint density at radius 3 is 2.43 bits per heavy atom. The van der Waals surface area contributed by atoms with E-state index in [-0.39, 0.29) is 12.0 Å². The van der Waals surface area contributed by atoms with Crippen LogP contribution in [0.25, 0.3) is 0 Å². The molecule has 1 nitrogen and oxygen atoms in total. The fourth-order valence-corrected chi connectivity index (χ4v) is 1.78. The molecule has 1 unspecified atom stereocenters. The molecule has 0 aliphatic rings. The molecule has 0 saturated carbocycles. The topological polar surface area (TPSA) is 20.2 Å². The summed E-state index contributed by atoms with van der Waals surface area (Å²) < 4.78 is 0. The highest BCUT2D eigenvalue weighted by molar-refractivity contribution is 7.80. The van der Waals surface area contributed by atoms with E-state index in [1.807, 2.05) is 18.2 Å². The summed E-state index contributed by atoms with van der Waals surface area (Å²) in [5, 5.41) is 9.44.